The Bertz CT molecular complexity index is 354. The zero-order valence-corrected chi connectivity index (χ0v) is 8.55. The molecule has 3 nitrogen and oxygen atoms in total. The van der Waals surface area contributed by atoms with Gasteiger partial charge in [-0.15, -0.1) is 0 Å². The van der Waals surface area contributed by atoms with E-state index in [0.717, 1.165) is 4.47 Å². The molecule has 1 aromatic heterocycles. The summed E-state index contributed by atoms with van der Waals surface area (Å²) < 4.78 is 2.56. The predicted octanol–water partition coefficient (Wildman–Crippen LogP) is 1.87. The lowest BCUT2D eigenvalue weighted by molar-refractivity contribution is 0.0859. The van der Waals surface area contributed by atoms with Crippen LogP contribution in [0.3, 0.4) is 0 Å². The Labute approximate surface area is 78.9 Å². The second-order valence-electron chi connectivity index (χ2n) is 3.71. The van der Waals surface area contributed by atoms with Crippen molar-refractivity contribution in [2.45, 2.75) is 20.4 Å². The van der Waals surface area contributed by atoms with E-state index in [1.165, 1.54) is 0 Å². The molecule has 2 heterocycles. The molecule has 0 radical (unpaired) electrons. The maximum absolute atomic E-state index is 11.7. The zero-order chi connectivity index (χ0) is 8.93. The van der Waals surface area contributed by atoms with Gasteiger partial charge in [0.1, 0.15) is 5.69 Å². The van der Waals surface area contributed by atoms with Gasteiger partial charge in [0.25, 0.3) is 0 Å². The summed E-state index contributed by atoms with van der Waals surface area (Å²) in [4.78, 5) is 11.7. The van der Waals surface area contributed by atoms with Crippen LogP contribution in [0.1, 0.15) is 24.3 Å². The van der Waals surface area contributed by atoms with Crippen molar-refractivity contribution < 1.29 is 4.79 Å². The fourth-order valence-electron chi connectivity index (χ4n) is 1.47. The fourth-order valence-corrected chi connectivity index (χ4v) is 1.95. The van der Waals surface area contributed by atoms with Crippen molar-refractivity contribution in [3.63, 3.8) is 0 Å². The normalized spacial score (nSPS) is 19.8. The van der Waals surface area contributed by atoms with Crippen LogP contribution in [0.25, 0.3) is 0 Å². The Hall–Kier alpha value is -0.640. The molecular weight excluding hydrogens is 220 g/mol. The standard InChI is InChI=1S/C8H9BrN2O/c1-8(2)4-11-6(7(8)12)5(9)3-10-11/h3H,4H2,1-2H3. The van der Waals surface area contributed by atoms with Crippen molar-refractivity contribution in [2.75, 3.05) is 0 Å². The molecule has 4 heteroatoms. The van der Waals surface area contributed by atoms with Crippen LogP contribution in [-0.2, 0) is 6.54 Å². The molecule has 0 bridgehead atoms. The number of Topliss-reactive ketones (excluding diaryl/α,β-unsaturated/α-hetero) is 1. The highest BCUT2D eigenvalue weighted by Crippen LogP contribution is 2.34. The molecule has 1 aromatic rings. The third-order valence-corrected chi connectivity index (χ3v) is 2.75. The van der Waals surface area contributed by atoms with Crippen LogP contribution in [0.15, 0.2) is 10.7 Å². The number of carbonyl (C=O) groups is 1. The Morgan fingerprint density at radius 1 is 1.67 bits per heavy atom. The number of carbonyl (C=O) groups excluding carboxylic acids is 1. The smallest absolute Gasteiger partial charge is 0.189 e. The first-order valence-electron chi connectivity index (χ1n) is 3.78. The molecule has 0 N–H and O–H groups in total. The maximum Gasteiger partial charge on any atom is 0.189 e. The molecule has 1 aliphatic heterocycles. The number of rotatable bonds is 0. The van der Waals surface area contributed by atoms with E-state index in [1.54, 1.807) is 10.9 Å². The van der Waals surface area contributed by atoms with E-state index in [2.05, 4.69) is 21.0 Å². The zero-order valence-electron chi connectivity index (χ0n) is 6.97. The van der Waals surface area contributed by atoms with Gasteiger partial charge in [0.15, 0.2) is 5.78 Å². The average Bonchev–Trinajstić information content (AvgIpc) is 2.38. The number of ketones is 1. The van der Waals surface area contributed by atoms with Crippen molar-refractivity contribution in [3.8, 4) is 0 Å². The number of nitrogens with zero attached hydrogens (tertiary/aromatic N) is 2. The van der Waals surface area contributed by atoms with Gasteiger partial charge in [0.05, 0.1) is 17.2 Å². The molecule has 0 saturated heterocycles. The topological polar surface area (TPSA) is 34.9 Å². The van der Waals surface area contributed by atoms with Crippen molar-refractivity contribution >= 4 is 21.7 Å². The van der Waals surface area contributed by atoms with Crippen LogP contribution in [0, 0.1) is 5.41 Å². The summed E-state index contributed by atoms with van der Waals surface area (Å²) in [6.45, 7) is 4.57. The van der Waals surface area contributed by atoms with Crippen molar-refractivity contribution in [3.05, 3.63) is 16.4 Å². The van der Waals surface area contributed by atoms with Crippen molar-refractivity contribution in [2.24, 2.45) is 5.41 Å². The summed E-state index contributed by atoms with van der Waals surface area (Å²) in [7, 11) is 0. The molecule has 0 aliphatic carbocycles. The van der Waals surface area contributed by atoms with Crippen molar-refractivity contribution in [1.82, 2.24) is 9.78 Å². The Kier molecular flexibility index (Phi) is 1.46. The molecule has 0 spiro atoms. The highest BCUT2D eigenvalue weighted by molar-refractivity contribution is 9.10. The molecule has 0 amide bonds. The first-order chi connectivity index (χ1) is 5.52. The second-order valence-corrected chi connectivity index (χ2v) is 4.57. The summed E-state index contributed by atoms with van der Waals surface area (Å²) in [5.74, 6) is 0.173. The highest BCUT2D eigenvalue weighted by Gasteiger charge is 2.39. The van der Waals surface area contributed by atoms with Gasteiger partial charge in [0, 0.05) is 5.41 Å². The maximum atomic E-state index is 11.7. The molecule has 2 rings (SSSR count). The minimum atomic E-state index is -0.286. The SMILES string of the molecule is CC1(C)Cn2ncc(Br)c2C1=O. The molecule has 64 valence electrons. The molecule has 0 aromatic carbocycles. The van der Waals surface area contributed by atoms with E-state index in [4.69, 9.17) is 0 Å². The highest BCUT2D eigenvalue weighted by atomic mass is 79.9. The quantitative estimate of drug-likeness (QED) is 0.680. The van der Waals surface area contributed by atoms with Gasteiger partial charge in [-0.2, -0.15) is 5.10 Å². The Balaban J connectivity index is 2.59. The average molecular weight is 229 g/mol. The van der Waals surface area contributed by atoms with Gasteiger partial charge >= 0.3 is 0 Å². The number of aromatic nitrogens is 2. The molecule has 12 heavy (non-hydrogen) atoms. The van der Waals surface area contributed by atoms with E-state index in [-0.39, 0.29) is 11.2 Å². The van der Waals surface area contributed by atoms with Gasteiger partial charge in [-0.05, 0) is 15.9 Å². The largest absolute Gasteiger partial charge is 0.292 e. The van der Waals surface area contributed by atoms with Crippen LogP contribution in [-0.4, -0.2) is 15.6 Å². The van der Waals surface area contributed by atoms with E-state index in [9.17, 15) is 4.79 Å². The summed E-state index contributed by atoms with van der Waals surface area (Å²) in [5.41, 5.74) is 0.423. The molecule has 0 saturated carbocycles. The van der Waals surface area contributed by atoms with E-state index < -0.39 is 0 Å². The van der Waals surface area contributed by atoms with Gasteiger partial charge in [-0.25, -0.2) is 0 Å². The number of halogens is 1. The molecule has 1 aliphatic rings. The lowest BCUT2D eigenvalue weighted by atomic mass is 9.90. The summed E-state index contributed by atoms with van der Waals surface area (Å²) in [5, 5.41) is 4.09. The fraction of sp³-hybridized carbons (Fsp3) is 0.500. The molecule has 0 fully saturated rings. The molecular formula is C8H9BrN2O. The predicted molar refractivity (Wildman–Crippen MR) is 48.0 cm³/mol. The Morgan fingerprint density at radius 2 is 2.33 bits per heavy atom. The number of hydrogen-bond acceptors (Lipinski definition) is 2. The van der Waals surface area contributed by atoms with E-state index in [1.807, 2.05) is 13.8 Å². The van der Waals surface area contributed by atoms with Crippen LogP contribution in [0.4, 0.5) is 0 Å². The Morgan fingerprint density at radius 3 is 2.92 bits per heavy atom. The number of hydrogen-bond donors (Lipinski definition) is 0. The van der Waals surface area contributed by atoms with Crippen molar-refractivity contribution in [1.29, 1.82) is 0 Å². The minimum absolute atomic E-state index is 0.173. The first kappa shape index (κ1) is 7.98. The number of fused-ring (bicyclic) bond motifs is 1. The van der Waals surface area contributed by atoms with Crippen LogP contribution in [0.2, 0.25) is 0 Å². The third kappa shape index (κ3) is 0.874. The monoisotopic (exact) mass is 228 g/mol. The van der Waals surface area contributed by atoms with Gasteiger partial charge in [-0.3, -0.25) is 9.48 Å². The van der Waals surface area contributed by atoms with E-state index >= 15 is 0 Å². The minimum Gasteiger partial charge on any atom is -0.292 e. The van der Waals surface area contributed by atoms with Gasteiger partial charge < -0.3 is 0 Å². The van der Waals surface area contributed by atoms with Crippen LogP contribution in [0.5, 0.6) is 0 Å². The summed E-state index contributed by atoms with van der Waals surface area (Å²) in [6.07, 6.45) is 1.67. The summed E-state index contributed by atoms with van der Waals surface area (Å²) in [6, 6.07) is 0. The van der Waals surface area contributed by atoms with E-state index in [0.29, 0.717) is 12.2 Å². The molecule has 0 unspecified atom stereocenters. The molecule has 0 atom stereocenters. The second kappa shape index (κ2) is 2.19. The van der Waals surface area contributed by atoms with Gasteiger partial charge in [-0.1, -0.05) is 13.8 Å². The summed E-state index contributed by atoms with van der Waals surface area (Å²) >= 11 is 3.31. The van der Waals surface area contributed by atoms with Crippen LogP contribution >= 0.6 is 15.9 Å². The lowest BCUT2D eigenvalue weighted by Crippen LogP contribution is -2.20. The van der Waals surface area contributed by atoms with Gasteiger partial charge in [0.2, 0.25) is 0 Å². The lowest BCUT2D eigenvalue weighted by Gasteiger charge is -2.12. The first-order valence-corrected chi connectivity index (χ1v) is 4.58. The van der Waals surface area contributed by atoms with Crippen LogP contribution < -0.4 is 0 Å². The third-order valence-electron chi connectivity index (χ3n) is 2.17.